The summed E-state index contributed by atoms with van der Waals surface area (Å²) >= 11 is 0. The zero-order chi connectivity index (χ0) is 20.3. The minimum Gasteiger partial charge on any atom is -0.324 e. The third-order valence-electron chi connectivity index (χ3n) is 4.26. The highest BCUT2D eigenvalue weighted by molar-refractivity contribution is 7.89. The number of carbonyl (C=O) groups excluding carboxylic acids is 1. The van der Waals surface area contributed by atoms with Crippen molar-refractivity contribution in [2.75, 3.05) is 18.4 Å². The summed E-state index contributed by atoms with van der Waals surface area (Å²) in [4.78, 5) is 31.6. The van der Waals surface area contributed by atoms with Gasteiger partial charge in [-0.2, -0.15) is 4.31 Å². The highest BCUT2D eigenvalue weighted by Crippen LogP contribution is 2.15. The normalized spacial score (nSPS) is 11.8. The van der Waals surface area contributed by atoms with E-state index in [0.717, 1.165) is 16.2 Å². The zero-order valence-corrected chi connectivity index (χ0v) is 16.4. The van der Waals surface area contributed by atoms with Crippen LogP contribution in [-0.2, 0) is 21.4 Å². The number of aromatic amines is 1. The lowest BCUT2D eigenvalue weighted by molar-refractivity contribution is -0.116. The second-order valence-corrected chi connectivity index (χ2v) is 8.01. The van der Waals surface area contributed by atoms with Crippen molar-refractivity contribution in [1.29, 1.82) is 0 Å². The molecule has 0 fully saturated rings. The Morgan fingerprint density at radius 3 is 2.57 bits per heavy atom. The highest BCUT2D eigenvalue weighted by Gasteiger charge is 2.22. The molecule has 148 valence electrons. The molecule has 0 unspecified atom stereocenters. The van der Waals surface area contributed by atoms with Gasteiger partial charge in [0, 0.05) is 25.4 Å². The second-order valence-electron chi connectivity index (χ2n) is 6.07. The molecule has 2 heterocycles. The number of H-pyrrole nitrogens is 1. The monoisotopic (exact) mass is 403 g/mol. The van der Waals surface area contributed by atoms with Crippen LogP contribution in [0.4, 0.5) is 5.95 Å². The molecule has 2 N–H and O–H groups in total. The molecule has 3 aromatic rings. The number of rotatable bonds is 7. The van der Waals surface area contributed by atoms with E-state index in [1.807, 2.05) is 18.2 Å². The number of imidazole rings is 1. The minimum atomic E-state index is -3.73. The van der Waals surface area contributed by atoms with Crippen molar-refractivity contribution in [3.05, 3.63) is 52.9 Å². The van der Waals surface area contributed by atoms with Gasteiger partial charge < -0.3 is 9.55 Å². The Labute approximate surface area is 162 Å². The molecule has 10 heteroatoms. The lowest BCUT2D eigenvalue weighted by Crippen LogP contribution is -2.33. The lowest BCUT2D eigenvalue weighted by atomic mass is 10.3. The molecule has 0 atom stereocenters. The molecular formula is C18H21N5O4S. The molecule has 0 radical (unpaired) electrons. The van der Waals surface area contributed by atoms with E-state index < -0.39 is 21.5 Å². The first-order valence-electron chi connectivity index (χ1n) is 8.80. The molecule has 2 aromatic heterocycles. The molecule has 9 nitrogen and oxygen atoms in total. The van der Waals surface area contributed by atoms with Crippen LogP contribution in [0.2, 0.25) is 0 Å². The van der Waals surface area contributed by atoms with E-state index in [0.29, 0.717) is 18.6 Å². The van der Waals surface area contributed by atoms with E-state index in [1.54, 1.807) is 19.9 Å². The average Bonchev–Trinajstić information content (AvgIpc) is 3.06. The van der Waals surface area contributed by atoms with Gasteiger partial charge in [0.25, 0.3) is 5.56 Å². The van der Waals surface area contributed by atoms with E-state index in [2.05, 4.69) is 15.3 Å². The number of hydrogen-bond acceptors (Lipinski definition) is 5. The summed E-state index contributed by atoms with van der Waals surface area (Å²) in [6.45, 7) is 3.75. The SMILES string of the molecule is CCN(CC)S(=O)(=O)c1ccc(=O)n(CC(=O)Nc2nc3ccccc3[nH]2)c1. The fourth-order valence-electron chi connectivity index (χ4n) is 2.84. The van der Waals surface area contributed by atoms with Gasteiger partial charge in [-0.15, -0.1) is 0 Å². The maximum atomic E-state index is 12.6. The van der Waals surface area contributed by atoms with Crippen molar-refractivity contribution < 1.29 is 13.2 Å². The Morgan fingerprint density at radius 2 is 1.89 bits per heavy atom. The molecule has 0 saturated carbocycles. The molecule has 0 bridgehead atoms. The van der Waals surface area contributed by atoms with Crippen LogP contribution in [0.15, 0.2) is 52.3 Å². The van der Waals surface area contributed by atoms with Gasteiger partial charge in [-0.05, 0) is 18.2 Å². The summed E-state index contributed by atoms with van der Waals surface area (Å²) in [7, 11) is -3.73. The first-order valence-corrected chi connectivity index (χ1v) is 10.2. The molecule has 28 heavy (non-hydrogen) atoms. The maximum absolute atomic E-state index is 12.6. The predicted molar refractivity (Wildman–Crippen MR) is 106 cm³/mol. The van der Waals surface area contributed by atoms with Crippen molar-refractivity contribution in [3.63, 3.8) is 0 Å². The van der Waals surface area contributed by atoms with E-state index in [1.165, 1.54) is 16.6 Å². The molecule has 0 aliphatic heterocycles. The number of amides is 1. The molecule has 1 aromatic carbocycles. The van der Waals surface area contributed by atoms with Crippen molar-refractivity contribution >= 4 is 32.9 Å². The van der Waals surface area contributed by atoms with Crippen LogP contribution >= 0.6 is 0 Å². The van der Waals surface area contributed by atoms with Crippen molar-refractivity contribution in [2.45, 2.75) is 25.3 Å². The lowest BCUT2D eigenvalue weighted by Gasteiger charge is -2.18. The number of para-hydroxylation sites is 2. The second kappa shape index (κ2) is 7.95. The molecule has 1 amide bonds. The fourth-order valence-corrected chi connectivity index (χ4v) is 4.31. The van der Waals surface area contributed by atoms with Gasteiger partial charge >= 0.3 is 0 Å². The van der Waals surface area contributed by atoms with E-state index in [4.69, 9.17) is 0 Å². The number of nitrogens with zero attached hydrogens (tertiary/aromatic N) is 3. The van der Waals surface area contributed by atoms with Crippen LogP contribution in [0.1, 0.15) is 13.8 Å². The standard InChI is InChI=1S/C18H21N5O4S/c1-3-23(4-2)28(26,27)13-9-10-17(25)22(11-13)12-16(24)21-18-19-14-7-5-6-8-15(14)20-18/h5-11H,3-4,12H2,1-2H3,(H2,19,20,21,24). The van der Waals surface area contributed by atoms with Gasteiger partial charge in [0.05, 0.1) is 15.9 Å². The molecule has 3 rings (SSSR count). The number of nitrogens with one attached hydrogen (secondary N) is 2. The Bertz CT molecular complexity index is 1130. The molecule has 0 aliphatic rings. The molecular weight excluding hydrogens is 382 g/mol. The predicted octanol–water partition coefficient (Wildman–Crippen LogP) is 1.39. The number of hydrogen-bond donors (Lipinski definition) is 2. The number of benzene rings is 1. The zero-order valence-electron chi connectivity index (χ0n) is 15.5. The van der Waals surface area contributed by atoms with Crippen molar-refractivity contribution in [3.8, 4) is 0 Å². The summed E-state index contributed by atoms with van der Waals surface area (Å²) in [5.41, 5.74) is 0.989. The van der Waals surface area contributed by atoms with Crippen LogP contribution in [0.3, 0.4) is 0 Å². The largest absolute Gasteiger partial charge is 0.324 e. The van der Waals surface area contributed by atoms with Crippen LogP contribution < -0.4 is 10.9 Å². The fraction of sp³-hybridized carbons (Fsp3) is 0.278. The molecule has 0 spiro atoms. The van der Waals surface area contributed by atoms with E-state index in [9.17, 15) is 18.0 Å². The number of sulfonamides is 1. The summed E-state index contributed by atoms with van der Waals surface area (Å²) < 4.78 is 27.6. The third kappa shape index (κ3) is 3.97. The van der Waals surface area contributed by atoms with Gasteiger partial charge in [0.1, 0.15) is 6.54 Å². The van der Waals surface area contributed by atoms with Gasteiger partial charge in [-0.3, -0.25) is 14.9 Å². The van der Waals surface area contributed by atoms with Crippen LogP contribution in [0, 0.1) is 0 Å². The topological polar surface area (TPSA) is 117 Å². The van der Waals surface area contributed by atoms with E-state index >= 15 is 0 Å². The number of fused-ring (bicyclic) bond motifs is 1. The number of pyridine rings is 1. The van der Waals surface area contributed by atoms with Crippen LogP contribution in [0.5, 0.6) is 0 Å². The smallest absolute Gasteiger partial charge is 0.251 e. The van der Waals surface area contributed by atoms with Gasteiger partial charge in [0.15, 0.2) is 0 Å². The van der Waals surface area contributed by atoms with Crippen molar-refractivity contribution in [1.82, 2.24) is 18.8 Å². The number of aromatic nitrogens is 3. The van der Waals surface area contributed by atoms with Crippen LogP contribution in [0.25, 0.3) is 11.0 Å². The van der Waals surface area contributed by atoms with Gasteiger partial charge in [-0.25, -0.2) is 13.4 Å². The van der Waals surface area contributed by atoms with E-state index in [-0.39, 0.29) is 17.4 Å². The first kappa shape index (κ1) is 19.8. The molecule has 0 aliphatic carbocycles. The van der Waals surface area contributed by atoms with Gasteiger partial charge in [0.2, 0.25) is 21.9 Å². The van der Waals surface area contributed by atoms with Crippen LogP contribution in [-0.4, -0.2) is 46.3 Å². The Kier molecular flexibility index (Phi) is 5.61. The van der Waals surface area contributed by atoms with Crippen molar-refractivity contribution in [2.24, 2.45) is 0 Å². The summed E-state index contributed by atoms with van der Waals surface area (Å²) in [6.07, 6.45) is 1.19. The Morgan fingerprint density at radius 1 is 1.18 bits per heavy atom. The minimum absolute atomic E-state index is 0.0349. The average molecular weight is 403 g/mol. The van der Waals surface area contributed by atoms with Gasteiger partial charge in [-0.1, -0.05) is 26.0 Å². The number of anilines is 1. The number of carbonyl (C=O) groups is 1. The summed E-state index contributed by atoms with van der Waals surface area (Å²) in [6, 6.07) is 9.69. The maximum Gasteiger partial charge on any atom is 0.251 e. The summed E-state index contributed by atoms with van der Waals surface area (Å²) in [5.74, 6) is -0.246. The quantitative estimate of drug-likeness (QED) is 0.618. The first-order chi connectivity index (χ1) is 13.3. The third-order valence-corrected chi connectivity index (χ3v) is 6.29. The highest BCUT2D eigenvalue weighted by atomic mass is 32.2. The Hall–Kier alpha value is -2.98. The summed E-state index contributed by atoms with van der Waals surface area (Å²) in [5, 5.41) is 2.59. The molecule has 0 saturated heterocycles. The Balaban J connectivity index is 1.81.